The molecule has 0 spiro atoms. The van der Waals surface area contributed by atoms with Gasteiger partial charge in [-0.25, -0.2) is 13.1 Å². The summed E-state index contributed by atoms with van der Waals surface area (Å²) >= 11 is 0. The molecule has 0 bridgehead atoms. The van der Waals surface area contributed by atoms with Gasteiger partial charge in [-0.3, -0.25) is 0 Å². The Morgan fingerprint density at radius 2 is 1.71 bits per heavy atom. The summed E-state index contributed by atoms with van der Waals surface area (Å²) in [5.74, 6) is 0.726. The molecule has 1 aromatic carbocycles. The van der Waals surface area contributed by atoms with Crippen LogP contribution in [0.1, 0.15) is 57.9 Å². The molecule has 1 aliphatic rings. The molecular weight excluding hydrogens is 282 g/mol. The molecule has 0 atom stereocenters. The first-order chi connectivity index (χ1) is 10.0. The normalized spacial score (nSPS) is 23.1. The number of benzene rings is 1. The van der Waals surface area contributed by atoms with E-state index in [2.05, 4.69) is 18.6 Å². The van der Waals surface area contributed by atoms with Gasteiger partial charge in [0.15, 0.2) is 0 Å². The highest BCUT2D eigenvalue weighted by Crippen LogP contribution is 2.24. The van der Waals surface area contributed by atoms with Crippen LogP contribution < -0.4 is 4.72 Å². The van der Waals surface area contributed by atoms with Crippen molar-refractivity contribution in [3.05, 3.63) is 29.8 Å². The molecule has 1 aromatic rings. The van der Waals surface area contributed by atoms with E-state index in [1.54, 1.807) is 12.1 Å². The third-order valence-corrected chi connectivity index (χ3v) is 5.93. The number of sulfonamides is 1. The summed E-state index contributed by atoms with van der Waals surface area (Å²) in [5.41, 5.74) is 1.21. The second-order valence-corrected chi connectivity index (χ2v) is 8.04. The molecule has 118 valence electrons. The molecule has 0 radical (unpaired) electrons. The van der Waals surface area contributed by atoms with Gasteiger partial charge in [0.2, 0.25) is 10.0 Å². The van der Waals surface area contributed by atoms with Crippen LogP contribution in [0.15, 0.2) is 29.2 Å². The van der Waals surface area contributed by atoms with Crippen LogP contribution in [0.25, 0.3) is 0 Å². The van der Waals surface area contributed by atoms with E-state index in [0.717, 1.165) is 50.9 Å². The lowest BCUT2D eigenvalue weighted by Crippen LogP contribution is -2.37. The van der Waals surface area contributed by atoms with E-state index in [1.807, 2.05) is 12.1 Å². The monoisotopic (exact) mass is 309 g/mol. The van der Waals surface area contributed by atoms with E-state index in [0.29, 0.717) is 4.90 Å². The third-order valence-electron chi connectivity index (χ3n) is 4.39. The molecule has 4 heteroatoms. The van der Waals surface area contributed by atoms with Gasteiger partial charge in [0, 0.05) is 6.04 Å². The van der Waals surface area contributed by atoms with Crippen LogP contribution >= 0.6 is 0 Å². The first kappa shape index (κ1) is 16.5. The van der Waals surface area contributed by atoms with Crippen molar-refractivity contribution in [1.82, 2.24) is 4.72 Å². The van der Waals surface area contributed by atoms with Gasteiger partial charge in [0.25, 0.3) is 0 Å². The Kier molecular flexibility index (Phi) is 5.82. The van der Waals surface area contributed by atoms with E-state index < -0.39 is 10.0 Å². The lowest BCUT2D eigenvalue weighted by molar-refractivity contribution is 0.332. The van der Waals surface area contributed by atoms with Gasteiger partial charge in [-0.05, 0) is 62.1 Å². The fourth-order valence-corrected chi connectivity index (χ4v) is 4.19. The number of aryl methyl sites for hydroxylation is 1. The summed E-state index contributed by atoms with van der Waals surface area (Å²) in [6, 6.07) is 7.45. The molecule has 0 unspecified atom stereocenters. The molecule has 0 aliphatic heterocycles. The van der Waals surface area contributed by atoms with Crippen LogP contribution in [0, 0.1) is 5.92 Å². The molecule has 0 aromatic heterocycles. The van der Waals surface area contributed by atoms with Gasteiger partial charge in [0.1, 0.15) is 0 Å². The molecular formula is C17H27NO2S. The van der Waals surface area contributed by atoms with Crippen molar-refractivity contribution in [2.24, 2.45) is 5.92 Å². The standard InChI is InChI=1S/C17H27NO2S/c1-3-4-5-15-8-12-17(13-9-15)21(19,20)18-16-10-6-14(2)7-11-16/h8-9,12-14,16,18H,3-7,10-11H2,1-2H3. The minimum Gasteiger partial charge on any atom is -0.208 e. The van der Waals surface area contributed by atoms with Gasteiger partial charge in [-0.15, -0.1) is 0 Å². The molecule has 21 heavy (non-hydrogen) atoms. The average Bonchev–Trinajstić information content (AvgIpc) is 2.48. The van der Waals surface area contributed by atoms with E-state index in [1.165, 1.54) is 5.56 Å². The highest BCUT2D eigenvalue weighted by Gasteiger charge is 2.23. The summed E-state index contributed by atoms with van der Waals surface area (Å²) in [6.07, 6.45) is 7.45. The van der Waals surface area contributed by atoms with Crippen molar-refractivity contribution in [3.8, 4) is 0 Å². The molecule has 2 rings (SSSR count). The van der Waals surface area contributed by atoms with Gasteiger partial charge in [-0.2, -0.15) is 0 Å². The lowest BCUT2D eigenvalue weighted by Gasteiger charge is -2.26. The van der Waals surface area contributed by atoms with Crippen LogP contribution in [-0.2, 0) is 16.4 Å². The van der Waals surface area contributed by atoms with Gasteiger partial charge < -0.3 is 0 Å². The fourth-order valence-electron chi connectivity index (χ4n) is 2.88. The fraction of sp³-hybridized carbons (Fsp3) is 0.647. The third kappa shape index (κ3) is 4.82. The first-order valence-electron chi connectivity index (χ1n) is 8.12. The molecule has 0 saturated heterocycles. The summed E-state index contributed by atoms with van der Waals surface area (Å²) in [5, 5.41) is 0. The Morgan fingerprint density at radius 3 is 2.29 bits per heavy atom. The van der Waals surface area contributed by atoms with Crippen molar-refractivity contribution >= 4 is 10.0 Å². The van der Waals surface area contributed by atoms with Crippen LogP contribution in [0.3, 0.4) is 0 Å². The summed E-state index contributed by atoms with van der Waals surface area (Å²) in [6.45, 7) is 4.40. The zero-order chi connectivity index (χ0) is 15.3. The van der Waals surface area contributed by atoms with Crippen molar-refractivity contribution in [2.45, 2.75) is 69.7 Å². The maximum absolute atomic E-state index is 12.4. The molecule has 1 fully saturated rings. The molecule has 0 heterocycles. The Hall–Kier alpha value is -0.870. The topological polar surface area (TPSA) is 46.2 Å². The molecule has 1 saturated carbocycles. The summed E-state index contributed by atoms with van der Waals surface area (Å²) in [7, 11) is -3.36. The van der Waals surface area contributed by atoms with E-state index in [4.69, 9.17) is 0 Å². The number of nitrogens with one attached hydrogen (secondary N) is 1. The maximum Gasteiger partial charge on any atom is 0.240 e. The number of hydrogen-bond acceptors (Lipinski definition) is 2. The second-order valence-electron chi connectivity index (χ2n) is 6.33. The highest BCUT2D eigenvalue weighted by molar-refractivity contribution is 7.89. The minimum absolute atomic E-state index is 0.103. The summed E-state index contributed by atoms with van der Waals surface area (Å²) < 4.78 is 27.7. The van der Waals surface area contributed by atoms with Crippen molar-refractivity contribution < 1.29 is 8.42 Å². The van der Waals surface area contributed by atoms with Crippen LogP contribution in [-0.4, -0.2) is 14.5 Å². The van der Waals surface area contributed by atoms with Crippen LogP contribution in [0.4, 0.5) is 0 Å². The molecule has 0 amide bonds. The zero-order valence-corrected chi connectivity index (χ0v) is 14.0. The maximum atomic E-state index is 12.4. The van der Waals surface area contributed by atoms with Gasteiger partial charge in [-0.1, -0.05) is 32.4 Å². The second kappa shape index (κ2) is 7.41. The smallest absolute Gasteiger partial charge is 0.208 e. The predicted octanol–water partition coefficient (Wildman–Crippen LogP) is 3.89. The van der Waals surface area contributed by atoms with E-state index in [-0.39, 0.29) is 6.04 Å². The van der Waals surface area contributed by atoms with Crippen molar-refractivity contribution in [2.75, 3.05) is 0 Å². The molecule has 1 N–H and O–H groups in total. The first-order valence-corrected chi connectivity index (χ1v) is 9.61. The Labute approximate surface area is 129 Å². The predicted molar refractivity (Wildman–Crippen MR) is 86.8 cm³/mol. The number of unbranched alkanes of at least 4 members (excludes halogenated alkanes) is 1. The highest BCUT2D eigenvalue weighted by atomic mass is 32.2. The van der Waals surface area contributed by atoms with E-state index in [9.17, 15) is 8.42 Å². The van der Waals surface area contributed by atoms with Crippen LogP contribution in [0.5, 0.6) is 0 Å². The number of rotatable bonds is 6. The number of hydrogen-bond donors (Lipinski definition) is 1. The van der Waals surface area contributed by atoms with Gasteiger partial charge >= 0.3 is 0 Å². The van der Waals surface area contributed by atoms with Crippen LogP contribution in [0.2, 0.25) is 0 Å². The van der Waals surface area contributed by atoms with Gasteiger partial charge in [0.05, 0.1) is 4.90 Å². The Balaban J connectivity index is 1.98. The van der Waals surface area contributed by atoms with Crippen molar-refractivity contribution in [1.29, 1.82) is 0 Å². The largest absolute Gasteiger partial charge is 0.240 e. The SMILES string of the molecule is CCCCc1ccc(S(=O)(=O)NC2CCC(C)CC2)cc1. The lowest BCUT2D eigenvalue weighted by atomic mass is 9.88. The Bertz CT molecular complexity index is 528. The Morgan fingerprint density at radius 1 is 1.10 bits per heavy atom. The van der Waals surface area contributed by atoms with E-state index >= 15 is 0 Å². The van der Waals surface area contributed by atoms with Crippen molar-refractivity contribution in [3.63, 3.8) is 0 Å². The summed E-state index contributed by atoms with van der Waals surface area (Å²) in [4.78, 5) is 0.390. The average molecular weight is 309 g/mol. The quantitative estimate of drug-likeness (QED) is 0.866. The molecule has 3 nitrogen and oxygen atoms in total. The minimum atomic E-state index is -3.36. The zero-order valence-electron chi connectivity index (χ0n) is 13.1. The molecule has 1 aliphatic carbocycles.